The van der Waals surface area contributed by atoms with Gasteiger partial charge in [0.15, 0.2) is 23.1 Å². The fourth-order valence-corrected chi connectivity index (χ4v) is 6.54. The van der Waals surface area contributed by atoms with Crippen molar-refractivity contribution in [1.82, 2.24) is 4.90 Å². The van der Waals surface area contributed by atoms with E-state index in [1.807, 2.05) is 14.0 Å². The molecular weight excluding hydrogens is 490 g/mol. The Hall–Kier alpha value is -3.39. The monoisotopic (exact) mass is 521 g/mol. The van der Waals surface area contributed by atoms with Crippen molar-refractivity contribution in [3.8, 4) is 11.5 Å². The Morgan fingerprint density at radius 2 is 1.46 bits per heavy atom. The van der Waals surface area contributed by atoms with Crippen LogP contribution < -0.4 is 8.92 Å². The van der Waals surface area contributed by atoms with E-state index in [0.717, 1.165) is 48.2 Å². The zero-order chi connectivity index (χ0) is 26.3. The summed E-state index contributed by atoms with van der Waals surface area (Å²) in [6.45, 7) is 3.97. The molecule has 0 saturated heterocycles. The van der Waals surface area contributed by atoms with Gasteiger partial charge < -0.3 is 13.8 Å². The lowest BCUT2D eigenvalue weighted by Gasteiger charge is -2.42. The minimum atomic E-state index is -4.09. The average Bonchev–Trinajstić information content (AvgIpc) is 2.87. The molecule has 0 radical (unpaired) electrons. The van der Waals surface area contributed by atoms with Crippen LogP contribution in [-0.4, -0.2) is 38.5 Å². The van der Waals surface area contributed by atoms with Gasteiger partial charge in [0, 0.05) is 48.3 Å². The number of allylic oxidation sites excluding steroid dienone is 4. The Morgan fingerprint density at radius 1 is 0.865 bits per heavy atom. The molecule has 194 valence electrons. The van der Waals surface area contributed by atoms with Crippen molar-refractivity contribution in [2.45, 2.75) is 63.2 Å². The van der Waals surface area contributed by atoms with E-state index < -0.39 is 16.0 Å². The molecule has 2 aliphatic carbocycles. The Morgan fingerprint density at radius 3 is 2.03 bits per heavy atom. The molecule has 2 aromatic rings. The van der Waals surface area contributed by atoms with Gasteiger partial charge in [-0.2, -0.15) is 8.42 Å². The summed E-state index contributed by atoms with van der Waals surface area (Å²) >= 11 is 0. The van der Waals surface area contributed by atoms with E-state index in [1.54, 1.807) is 37.3 Å². The molecule has 0 atom stereocenters. The highest BCUT2D eigenvalue weighted by Crippen LogP contribution is 2.49. The number of hydrogen-bond donors (Lipinski definition) is 0. The van der Waals surface area contributed by atoms with Crippen molar-refractivity contribution >= 4 is 21.7 Å². The van der Waals surface area contributed by atoms with Gasteiger partial charge in [-0.05, 0) is 69.4 Å². The van der Waals surface area contributed by atoms with E-state index in [0.29, 0.717) is 24.0 Å². The van der Waals surface area contributed by atoms with Gasteiger partial charge >= 0.3 is 10.1 Å². The first-order chi connectivity index (χ1) is 17.7. The molecule has 2 aromatic carbocycles. The van der Waals surface area contributed by atoms with E-state index >= 15 is 0 Å². The highest BCUT2D eigenvalue weighted by molar-refractivity contribution is 7.87. The molecule has 0 saturated carbocycles. The van der Waals surface area contributed by atoms with Crippen LogP contribution in [-0.2, 0) is 19.7 Å². The number of hydrogen-bond acceptors (Lipinski definition) is 7. The second-order valence-electron chi connectivity index (χ2n) is 9.76. The summed E-state index contributed by atoms with van der Waals surface area (Å²) in [5.74, 6) is -0.0619. The molecule has 37 heavy (non-hydrogen) atoms. The maximum atomic E-state index is 13.2. The standard InChI is InChI=1S/C29H31NO6S/c1-4-35-26-17-19(13-16-25(26)36-37(33,34)20-14-11-18(2)12-15-20)27-28-21(7-5-9-23(28)31)30(3)22-8-6-10-24(32)29(22)27/h11-17,27H,4-10H2,1-3H3. The zero-order valence-electron chi connectivity index (χ0n) is 21.4. The molecule has 0 N–H and O–H groups in total. The summed E-state index contributed by atoms with van der Waals surface area (Å²) < 4.78 is 37.3. The highest BCUT2D eigenvalue weighted by Gasteiger charge is 2.42. The largest absolute Gasteiger partial charge is 0.490 e. The number of rotatable bonds is 6. The van der Waals surface area contributed by atoms with Crippen molar-refractivity contribution < 1.29 is 26.9 Å². The minimum absolute atomic E-state index is 0.0464. The van der Waals surface area contributed by atoms with E-state index in [-0.39, 0.29) is 34.6 Å². The predicted octanol–water partition coefficient (Wildman–Crippen LogP) is 5.20. The van der Waals surface area contributed by atoms with Crippen LogP contribution in [0.1, 0.15) is 62.5 Å². The molecule has 0 aromatic heterocycles. The second kappa shape index (κ2) is 9.82. The third kappa shape index (κ3) is 4.59. The average molecular weight is 522 g/mol. The number of Topliss-reactive ketones (excluding diaryl/α,β-unsaturated/α-hetero) is 2. The Labute approximate surface area is 217 Å². The van der Waals surface area contributed by atoms with Crippen LogP contribution in [0.3, 0.4) is 0 Å². The molecule has 0 unspecified atom stereocenters. The van der Waals surface area contributed by atoms with E-state index in [2.05, 4.69) is 4.90 Å². The lowest BCUT2D eigenvalue weighted by atomic mass is 9.71. The van der Waals surface area contributed by atoms with Crippen LogP contribution in [0.5, 0.6) is 11.5 Å². The molecule has 1 aliphatic heterocycles. The number of carbonyl (C=O) groups is 2. The first-order valence-electron chi connectivity index (χ1n) is 12.8. The number of carbonyl (C=O) groups excluding carboxylic acids is 2. The van der Waals surface area contributed by atoms with Crippen molar-refractivity contribution in [3.05, 3.63) is 76.1 Å². The maximum absolute atomic E-state index is 13.2. The molecule has 0 spiro atoms. The van der Waals surface area contributed by atoms with Crippen LogP contribution in [0.2, 0.25) is 0 Å². The molecule has 1 heterocycles. The molecule has 5 rings (SSSR count). The molecule has 0 bridgehead atoms. The Bertz CT molecular complexity index is 1390. The quantitative estimate of drug-likeness (QED) is 0.483. The zero-order valence-corrected chi connectivity index (χ0v) is 22.2. The third-order valence-corrected chi connectivity index (χ3v) is 8.60. The van der Waals surface area contributed by atoms with Gasteiger partial charge in [-0.1, -0.05) is 23.8 Å². The fraction of sp³-hybridized carbons (Fsp3) is 0.379. The van der Waals surface area contributed by atoms with Crippen molar-refractivity contribution in [2.24, 2.45) is 0 Å². The predicted molar refractivity (Wildman–Crippen MR) is 139 cm³/mol. The highest BCUT2D eigenvalue weighted by atomic mass is 32.2. The van der Waals surface area contributed by atoms with E-state index in [1.165, 1.54) is 12.1 Å². The lowest BCUT2D eigenvalue weighted by Crippen LogP contribution is -2.37. The summed E-state index contributed by atoms with van der Waals surface area (Å²) in [4.78, 5) is 28.6. The van der Waals surface area contributed by atoms with Crippen molar-refractivity contribution in [3.63, 3.8) is 0 Å². The fourth-order valence-electron chi connectivity index (χ4n) is 5.60. The van der Waals surface area contributed by atoms with Crippen molar-refractivity contribution in [2.75, 3.05) is 13.7 Å². The van der Waals surface area contributed by atoms with Crippen LogP contribution >= 0.6 is 0 Å². The van der Waals surface area contributed by atoms with Gasteiger partial charge in [0.2, 0.25) is 0 Å². The first kappa shape index (κ1) is 25.3. The van der Waals surface area contributed by atoms with Gasteiger partial charge in [0.1, 0.15) is 4.90 Å². The van der Waals surface area contributed by atoms with Gasteiger partial charge in [0.25, 0.3) is 0 Å². The maximum Gasteiger partial charge on any atom is 0.339 e. The molecular formula is C29H31NO6S. The molecule has 7 nitrogen and oxygen atoms in total. The minimum Gasteiger partial charge on any atom is -0.490 e. The summed E-state index contributed by atoms with van der Waals surface area (Å²) in [5.41, 5.74) is 4.97. The van der Waals surface area contributed by atoms with Gasteiger partial charge in [-0.3, -0.25) is 9.59 Å². The molecule has 8 heteroatoms. The normalized spacial score (nSPS) is 18.6. The second-order valence-corrected chi connectivity index (χ2v) is 11.3. The topological polar surface area (TPSA) is 90.0 Å². The summed E-state index contributed by atoms with van der Waals surface area (Å²) in [6, 6.07) is 11.5. The van der Waals surface area contributed by atoms with Crippen LogP contribution in [0, 0.1) is 6.92 Å². The van der Waals surface area contributed by atoms with Gasteiger partial charge in [0.05, 0.1) is 6.61 Å². The third-order valence-electron chi connectivity index (χ3n) is 7.35. The molecule has 3 aliphatic rings. The van der Waals surface area contributed by atoms with E-state index in [9.17, 15) is 18.0 Å². The number of ether oxygens (including phenoxy) is 1. The number of ketones is 2. The lowest BCUT2D eigenvalue weighted by molar-refractivity contribution is -0.117. The Balaban J connectivity index is 1.60. The van der Waals surface area contributed by atoms with E-state index in [4.69, 9.17) is 8.92 Å². The van der Waals surface area contributed by atoms with Crippen LogP contribution in [0.25, 0.3) is 0 Å². The number of aryl methyl sites for hydroxylation is 1. The van der Waals surface area contributed by atoms with Crippen LogP contribution in [0.15, 0.2) is 69.9 Å². The van der Waals surface area contributed by atoms with Gasteiger partial charge in [-0.25, -0.2) is 0 Å². The van der Waals surface area contributed by atoms with Crippen molar-refractivity contribution in [1.29, 1.82) is 0 Å². The number of nitrogens with zero attached hydrogens (tertiary/aromatic N) is 1. The molecule has 0 amide bonds. The summed E-state index contributed by atoms with van der Waals surface area (Å²) in [7, 11) is -2.13. The Kier molecular flexibility index (Phi) is 6.70. The smallest absolute Gasteiger partial charge is 0.339 e. The molecule has 0 fully saturated rings. The number of benzene rings is 2. The summed E-state index contributed by atoms with van der Waals surface area (Å²) in [5, 5.41) is 0. The SMILES string of the molecule is CCOc1cc(C2C3=C(CCCC3=O)N(C)C3=C2C(=O)CCC3)ccc1OS(=O)(=O)c1ccc(C)cc1. The first-order valence-corrected chi connectivity index (χ1v) is 14.2. The van der Waals surface area contributed by atoms with Crippen LogP contribution in [0.4, 0.5) is 0 Å². The summed E-state index contributed by atoms with van der Waals surface area (Å²) in [6.07, 6.45) is 4.06. The van der Waals surface area contributed by atoms with Gasteiger partial charge in [-0.15, -0.1) is 0 Å².